The van der Waals surface area contributed by atoms with Crippen LogP contribution in [0.5, 0.6) is 0 Å². The molecule has 1 aromatic rings. The van der Waals surface area contributed by atoms with Crippen molar-refractivity contribution in [3.63, 3.8) is 0 Å². The van der Waals surface area contributed by atoms with Crippen molar-refractivity contribution < 1.29 is 4.79 Å². The Morgan fingerprint density at radius 3 is 2.61 bits per heavy atom. The summed E-state index contributed by atoms with van der Waals surface area (Å²) in [5.41, 5.74) is 3.61. The van der Waals surface area contributed by atoms with Crippen LogP contribution in [0.1, 0.15) is 62.3 Å². The predicted octanol–water partition coefficient (Wildman–Crippen LogP) is 4.00. The van der Waals surface area contributed by atoms with Crippen molar-refractivity contribution in [2.45, 2.75) is 60.4 Å². The summed E-state index contributed by atoms with van der Waals surface area (Å²) in [4.78, 5) is 12.2. The van der Waals surface area contributed by atoms with Crippen LogP contribution in [0.15, 0.2) is 6.07 Å². The van der Waals surface area contributed by atoms with E-state index in [1.54, 1.807) is 0 Å². The summed E-state index contributed by atoms with van der Waals surface area (Å²) in [6.07, 6.45) is 2.89. The van der Waals surface area contributed by atoms with Crippen LogP contribution in [0, 0.1) is 18.3 Å². The van der Waals surface area contributed by atoms with E-state index < -0.39 is 0 Å². The highest BCUT2D eigenvalue weighted by Crippen LogP contribution is 2.36. The predicted molar refractivity (Wildman–Crippen MR) is 75.1 cm³/mol. The number of rotatable bonds is 3. The lowest BCUT2D eigenvalue weighted by Crippen LogP contribution is -2.28. The minimum absolute atomic E-state index is 0.116. The monoisotopic (exact) mass is 247 g/mol. The fraction of sp³-hybridized carbons (Fsp3) is 0.688. The second-order valence-corrected chi connectivity index (χ2v) is 6.92. The van der Waals surface area contributed by atoms with Gasteiger partial charge in [0.25, 0.3) is 0 Å². The molecule has 0 atom stereocenters. The molecule has 1 aromatic heterocycles. The van der Waals surface area contributed by atoms with Crippen molar-refractivity contribution >= 4 is 5.78 Å². The van der Waals surface area contributed by atoms with Gasteiger partial charge in [-0.3, -0.25) is 4.79 Å². The van der Waals surface area contributed by atoms with Gasteiger partial charge in [0.1, 0.15) is 0 Å². The SMILES string of the molecule is Cc1cc2c(n1CCC(C)C)CC(C)(C)CC2=O. The third-order valence-electron chi connectivity index (χ3n) is 3.93. The molecule has 1 aliphatic carbocycles. The molecule has 1 heterocycles. The van der Waals surface area contributed by atoms with Crippen molar-refractivity contribution in [3.05, 3.63) is 23.0 Å². The molecule has 0 saturated carbocycles. The van der Waals surface area contributed by atoms with Gasteiger partial charge in [-0.2, -0.15) is 0 Å². The number of aryl methyl sites for hydroxylation is 1. The molecule has 0 fully saturated rings. The van der Waals surface area contributed by atoms with Gasteiger partial charge in [-0.05, 0) is 37.2 Å². The van der Waals surface area contributed by atoms with Gasteiger partial charge < -0.3 is 4.57 Å². The van der Waals surface area contributed by atoms with Crippen molar-refractivity contribution in [3.8, 4) is 0 Å². The Balaban J connectivity index is 2.35. The molecule has 0 radical (unpaired) electrons. The zero-order valence-corrected chi connectivity index (χ0v) is 12.3. The summed E-state index contributed by atoms with van der Waals surface area (Å²) >= 11 is 0. The van der Waals surface area contributed by atoms with Crippen LogP contribution in [0.2, 0.25) is 0 Å². The maximum atomic E-state index is 12.2. The summed E-state index contributed by atoms with van der Waals surface area (Å²) < 4.78 is 2.37. The minimum atomic E-state index is 0.116. The summed E-state index contributed by atoms with van der Waals surface area (Å²) in [6, 6.07) is 2.09. The van der Waals surface area contributed by atoms with E-state index in [9.17, 15) is 4.79 Å². The van der Waals surface area contributed by atoms with E-state index in [2.05, 4.69) is 45.3 Å². The molecule has 100 valence electrons. The normalized spacial score (nSPS) is 18.2. The standard InChI is InChI=1S/C16H25NO/c1-11(2)6-7-17-12(3)8-13-14(17)9-16(4,5)10-15(13)18/h8,11H,6-7,9-10H2,1-5H3. The molecule has 2 rings (SSSR count). The topological polar surface area (TPSA) is 22.0 Å². The van der Waals surface area contributed by atoms with Gasteiger partial charge in [0, 0.05) is 29.9 Å². The molecule has 0 N–H and O–H groups in total. The highest BCUT2D eigenvalue weighted by molar-refractivity contribution is 5.99. The summed E-state index contributed by atoms with van der Waals surface area (Å²) in [7, 11) is 0. The van der Waals surface area contributed by atoms with Crippen LogP contribution in [0.3, 0.4) is 0 Å². The van der Waals surface area contributed by atoms with Crippen molar-refractivity contribution in [1.29, 1.82) is 0 Å². The van der Waals surface area contributed by atoms with Crippen molar-refractivity contribution in [2.75, 3.05) is 0 Å². The van der Waals surface area contributed by atoms with Crippen LogP contribution in [0.25, 0.3) is 0 Å². The van der Waals surface area contributed by atoms with Gasteiger partial charge >= 0.3 is 0 Å². The average molecular weight is 247 g/mol. The molecule has 2 heteroatoms. The lowest BCUT2D eigenvalue weighted by Gasteiger charge is -2.30. The molecular formula is C16H25NO. The van der Waals surface area contributed by atoms with E-state index in [-0.39, 0.29) is 5.41 Å². The Labute approximate surface area is 110 Å². The Hall–Kier alpha value is -1.05. The zero-order chi connectivity index (χ0) is 13.5. The van der Waals surface area contributed by atoms with Gasteiger partial charge in [-0.25, -0.2) is 0 Å². The first-order valence-corrected chi connectivity index (χ1v) is 7.02. The summed E-state index contributed by atoms with van der Waals surface area (Å²) in [5, 5.41) is 0. The van der Waals surface area contributed by atoms with Crippen LogP contribution >= 0.6 is 0 Å². The van der Waals surface area contributed by atoms with E-state index in [4.69, 9.17) is 0 Å². The molecule has 0 aromatic carbocycles. The smallest absolute Gasteiger partial charge is 0.165 e. The van der Waals surface area contributed by atoms with Crippen LogP contribution in [0.4, 0.5) is 0 Å². The number of nitrogens with zero attached hydrogens (tertiary/aromatic N) is 1. The van der Waals surface area contributed by atoms with E-state index in [0.29, 0.717) is 18.1 Å². The quantitative estimate of drug-likeness (QED) is 0.791. The van der Waals surface area contributed by atoms with Crippen LogP contribution in [-0.4, -0.2) is 10.4 Å². The van der Waals surface area contributed by atoms with Gasteiger partial charge in [0.05, 0.1) is 0 Å². The molecule has 0 saturated heterocycles. The number of Topliss-reactive ketones (excluding diaryl/α,β-unsaturated/α-hetero) is 1. The first kappa shape index (κ1) is 13.4. The Bertz CT molecular complexity index is 466. The van der Waals surface area contributed by atoms with E-state index in [1.807, 2.05) is 0 Å². The van der Waals surface area contributed by atoms with Gasteiger partial charge in [-0.15, -0.1) is 0 Å². The lowest BCUT2D eigenvalue weighted by molar-refractivity contribution is 0.0910. The second kappa shape index (κ2) is 4.56. The number of carbonyl (C=O) groups excluding carboxylic acids is 1. The maximum Gasteiger partial charge on any atom is 0.165 e. The molecule has 0 spiro atoms. The molecule has 0 aliphatic heterocycles. The fourth-order valence-electron chi connectivity index (χ4n) is 2.90. The Morgan fingerprint density at radius 1 is 1.33 bits per heavy atom. The Kier molecular flexibility index (Phi) is 3.39. The highest BCUT2D eigenvalue weighted by Gasteiger charge is 2.33. The first-order valence-electron chi connectivity index (χ1n) is 7.02. The average Bonchev–Trinajstić information content (AvgIpc) is 2.50. The number of hydrogen-bond donors (Lipinski definition) is 0. The minimum Gasteiger partial charge on any atom is -0.348 e. The Morgan fingerprint density at radius 2 is 2.00 bits per heavy atom. The number of ketones is 1. The molecule has 0 bridgehead atoms. The molecule has 1 aliphatic rings. The van der Waals surface area contributed by atoms with Crippen molar-refractivity contribution in [2.24, 2.45) is 11.3 Å². The van der Waals surface area contributed by atoms with E-state index in [1.165, 1.54) is 17.8 Å². The fourth-order valence-corrected chi connectivity index (χ4v) is 2.90. The highest BCUT2D eigenvalue weighted by atomic mass is 16.1. The van der Waals surface area contributed by atoms with Gasteiger partial charge in [-0.1, -0.05) is 27.7 Å². The molecule has 0 unspecified atom stereocenters. The lowest BCUT2D eigenvalue weighted by atomic mass is 9.76. The molecule has 0 amide bonds. The molecule has 18 heavy (non-hydrogen) atoms. The maximum absolute atomic E-state index is 12.2. The van der Waals surface area contributed by atoms with Gasteiger partial charge in [0.15, 0.2) is 5.78 Å². The number of carbonyl (C=O) groups is 1. The summed E-state index contributed by atoms with van der Waals surface area (Å²) in [6.45, 7) is 12.1. The first-order chi connectivity index (χ1) is 8.30. The van der Waals surface area contributed by atoms with Crippen LogP contribution in [-0.2, 0) is 13.0 Å². The van der Waals surface area contributed by atoms with Gasteiger partial charge in [0.2, 0.25) is 0 Å². The molecular weight excluding hydrogens is 222 g/mol. The third kappa shape index (κ3) is 2.52. The zero-order valence-electron chi connectivity index (χ0n) is 12.3. The van der Waals surface area contributed by atoms with Crippen molar-refractivity contribution in [1.82, 2.24) is 4.57 Å². The van der Waals surface area contributed by atoms with E-state index in [0.717, 1.165) is 18.5 Å². The second-order valence-electron chi connectivity index (χ2n) is 6.92. The largest absolute Gasteiger partial charge is 0.348 e. The number of hydrogen-bond acceptors (Lipinski definition) is 1. The van der Waals surface area contributed by atoms with Crippen LogP contribution < -0.4 is 0 Å². The van der Waals surface area contributed by atoms with E-state index >= 15 is 0 Å². The number of aromatic nitrogens is 1. The molecule has 2 nitrogen and oxygen atoms in total. The number of fused-ring (bicyclic) bond motifs is 1. The third-order valence-corrected chi connectivity index (χ3v) is 3.93. The summed E-state index contributed by atoms with van der Waals surface area (Å²) in [5.74, 6) is 1.03.